The average Bonchev–Trinajstić information content (AvgIpc) is 3.88. The summed E-state index contributed by atoms with van der Waals surface area (Å²) in [5.41, 5.74) is 7.81. The van der Waals surface area contributed by atoms with E-state index >= 15 is 4.39 Å². The van der Waals surface area contributed by atoms with E-state index in [0.717, 1.165) is 76.6 Å². The zero-order chi connectivity index (χ0) is 40.7. The number of aryl methyl sites for hydroxylation is 1. The number of rotatable bonds is 9. The molecule has 2 fully saturated rings. The number of nitrogens with zero attached hydrogens (tertiary/aromatic N) is 7. The average molecular weight is 785 g/mol. The van der Waals surface area contributed by atoms with Crippen LogP contribution in [0.5, 0.6) is 0 Å². The molecule has 6 aromatic rings. The molecule has 0 spiro atoms. The Balaban J connectivity index is 0.893. The van der Waals surface area contributed by atoms with Gasteiger partial charge in [0.1, 0.15) is 17.8 Å². The third-order valence-electron chi connectivity index (χ3n) is 10.9. The molecule has 58 heavy (non-hydrogen) atoms. The number of carbonyl (C=O) groups excluding carboxylic acids is 3. The van der Waals surface area contributed by atoms with Gasteiger partial charge in [-0.2, -0.15) is 4.98 Å². The Morgan fingerprint density at radius 3 is 2.52 bits per heavy atom. The van der Waals surface area contributed by atoms with Crippen LogP contribution in [-0.2, 0) is 21.5 Å². The van der Waals surface area contributed by atoms with Gasteiger partial charge in [-0.1, -0.05) is 50.2 Å². The van der Waals surface area contributed by atoms with Gasteiger partial charge in [-0.3, -0.25) is 29.6 Å². The van der Waals surface area contributed by atoms with Gasteiger partial charge in [0.05, 0.1) is 40.9 Å². The van der Waals surface area contributed by atoms with Crippen molar-refractivity contribution in [3.05, 3.63) is 107 Å². The van der Waals surface area contributed by atoms with Crippen LogP contribution in [0.2, 0.25) is 0 Å². The predicted molar refractivity (Wildman–Crippen MR) is 215 cm³/mol. The number of carbonyl (C=O) groups is 3. The van der Waals surface area contributed by atoms with Gasteiger partial charge in [0.25, 0.3) is 0 Å². The molecule has 4 aromatic heterocycles. The van der Waals surface area contributed by atoms with Crippen molar-refractivity contribution in [2.24, 2.45) is 0 Å². The number of H-pyrrole nitrogens is 1. The van der Waals surface area contributed by atoms with Crippen molar-refractivity contribution in [3.8, 4) is 22.6 Å². The Labute approximate surface area is 334 Å². The number of amides is 3. The normalized spacial score (nSPS) is 17.1. The summed E-state index contributed by atoms with van der Waals surface area (Å²) in [6.07, 6.45) is 3.96. The van der Waals surface area contributed by atoms with Crippen molar-refractivity contribution >= 4 is 34.4 Å². The fourth-order valence-corrected chi connectivity index (χ4v) is 7.67. The lowest BCUT2D eigenvalue weighted by molar-refractivity contribution is -0.134. The van der Waals surface area contributed by atoms with E-state index < -0.39 is 23.5 Å². The van der Waals surface area contributed by atoms with E-state index in [1.54, 1.807) is 12.4 Å². The highest BCUT2D eigenvalue weighted by Gasteiger charge is 2.30. The first-order valence-corrected chi connectivity index (χ1v) is 19.5. The molecule has 15 heteroatoms. The van der Waals surface area contributed by atoms with Gasteiger partial charge < -0.3 is 19.7 Å². The molecule has 2 aromatic carbocycles. The van der Waals surface area contributed by atoms with Gasteiger partial charge in [-0.25, -0.2) is 14.4 Å². The summed E-state index contributed by atoms with van der Waals surface area (Å²) in [4.78, 5) is 62.9. The lowest BCUT2D eigenvalue weighted by Gasteiger charge is -2.36. The fraction of sp³-hybridized carbons (Fsp3) is 0.349. The number of fused-ring (bicyclic) bond motifs is 1. The summed E-state index contributed by atoms with van der Waals surface area (Å²) in [6, 6.07) is 16.9. The number of nitrogens with one attached hydrogen (secondary N) is 3. The smallest absolute Gasteiger partial charge is 0.315 e. The summed E-state index contributed by atoms with van der Waals surface area (Å²) < 4.78 is 20.3. The molecular formula is C43H45FN10O4. The minimum absolute atomic E-state index is 0.0643. The van der Waals surface area contributed by atoms with Gasteiger partial charge in [0, 0.05) is 61.1 Å². The maximum atomic E-state index is 15.1. The second-order valence-electron chi connectivity index (χ2n) is 16.1. The van der Waals surface area contributed by atoms with Gasteiger partial charge >= 0.3 is 11.8 Å². The number of benzene rings is 2. The molecule has 2 aliphatic heterocycles. The molecule has 0 bridgehead atoms. The molecule has 0 aliphatic carbocycles. The van der Waals surface area contributed by atoms with E-state index in [1.165, 1.54) is 6.07 Å². The van der Waals surface area contributed by atoms with Crippen LogP contribution in [0.3, 0.4) is 0 Å². The second kappa shape index (κ2) is 15.5. The number of hydrogen-bond acceptors (Lipinski definition) is 11. The highest BCUT2D eigenvalue weighted by atomic mass is 19.1. The number of imide groups is 1. The molecule has 1 unspecified atom stereocenters. The van der Waals surface area contributed by atoms with Crippen molar-refractivity contribution in [1.82, 2.24) is 45.6 Å². The quantitative estimate of drug-likeness (QED) is 0.144. The topological polar surface area (TPSA) is 175 Å². The lowest BCUT2D eigenvalue weighted by atomic mass is 9.89. The van der Waals surface area contributed by atoms with E-state index in [9.17, 15) is 14.4 Å². The molecule has 2 atom stereocenters. The second-order valence-corrected chi connectivity index (χ2v) is 16.1. The van der Waals surface area contributed by atoms with E-state index in [1.807, 2.05) is 71.1 Å². The first-order chi connectivity index (χ1) is 27.8. The minimum atomic E-state index is -0.641. The molecule has 0 radical (unpaired) electrons. The van der Waals surface area contributed by atoms with Gasteiger partial charge in [-0.05, 0) is 67.3 Å². The highest BCUT2D eigenvalue weighted by Crippen LogP contribution is 2.33. The van der Waals surface area contributed by atoms with Crippen LogP contribution in [0.1, 0.15) is 91.3 Å². The first kappa shape index (κ1) is 38.5. The molecule has 6 heterocycles. The number of hydrogen-bond donors (Lipinski definition) is 3. The largest absolute Gasteiger partial charge is 0.368 e. The van der Waals surface area contributed by atoms with Crippen LogP contribution in [0.25, 0.3) is 33.7 Å². The van der Waals surface area contributed by atoms with Gasteiger partial charge in [0.2, 0.25) is 11.8 Å². The van der Waals surface area contributed by atoms with Crippen LogP contribution in [0.15, 0.2) is 71.6 Å². The zero-order valence-corrected chi connectivity index (χ0v) is 33.1. The Morgan fingerprint density at radius 2 is 1.83 bits per heavy atom. The maximum absolute atomic E-state index is 15.1. The Morgan fingerprint density at radius 1 is 1.02 bits per heavy atom. The van der Waals surface area contributed by atoms with Crippen molar-refractivity contribution in [2.45, 2.75) is 71.4 Å². The van der Waals surface area contributed by atoms with Crippen LogP contribution in [0, 0.1) is 12.7 Å². The summed E-state index contributed by atoms with van der Waals surface area (Å²) in [7, 11) is 0. The number of aromatic amines is 1. The molecule has 0 saturated carbocycles. The van der Waals surface area contributed by atoms with Crippen LogP contribution < -0.4 is 15.5 Å². The Hall–Kier alpha value is -6.35. The van der Waals surface area contributed by atoms with Crippen molar-refractivity contribution < 1.29 is 23.3 Å². The number of aromatic nitrogens is 6. The fourth-order valence-electron chi connectivity index (χ4n) is 7.67. The van der Waals surface area contributed by atoms with Crippen molar-refractivity contribution in [2.75, 3.05) is 31.1 Å². The first-order valence-electron chi connectivity index (χ1n) is 19.5. The molecule has 2 aliphatic rings. The van der Waals surface area contributed by atoms with E-state index in [4.69, 9.17) is 9.51 Å². The standard InChI is InChI=1S/C43H45FN10O4/c1-24-18-27(7-10-29(24)25(2)48-40(57)41-51-42(52-58-41)43(3,4)5)37-32-20-35(49-38(32)47-23-46-37)34-12-8-28(21-45-34)54-16-14-53(15-17-54)22-26-6-9-30(33(44)19-26)31-11-13-36(55)50-39(31)56/h6-10,12,18-21,23,25,31H,11,13-17,22H2,1-5H3,(H,48,57)(H,46,47,49)(H,50,55,56)/t25-,31?/m1/s1. The van der Waals surface area contributed by atoms with Crippen molar-refractivity contribution in [1.29, 1.82) is 0 Å². The third-order valence-corrected chi connectivity index (χ3v) is 10.9. The Kier molecular flexibility index (Phi) is 10.3. The SMILES string of the molecule is Cc1cc(-c2ncnc3[nH]c(-c4ccc(N5CCN(Cc6ccc(C7CCC(=O)NC7=O)c(F)c6)CC5)cn4)cc23)ccc1[C@@H](C)NC(=O)c1nc(C(C)(C)C)no1. The molecule has 298 valence electrons. The molecule has 14 nitrogen and oxygen atoms in total. The van der Waals surface area contributed by atoms with Crippen LogP contribution in [-0.4, -0.2) is 78.9 Å². The van der Waals surface area contributed by atoms with E-state index in [-0.39, 0.29) is 29.7 Å². The number of halogens is 1. The molecule has 2 saturated heterocycles. The zero-order valence-electron chi connectivity index (χ0n) is 33.1. The monoisotopic (exact) mass is 784 g/mol. The van der Waals surface area contributed by atoms with Gasteiger partial charge in [-0.15, -0.1) is 0 Å². The van der Waals surface area contributed by atoms with E-state index in [2.05, 4.69) is 57.7 Å². The van der Waals surface area contributed by atoms with Gasteiger partial charge in [0.15, 0.2) is 5.82 Å². The van der Waals surface area contributed by atoms with E-state index in [0.29, 0.717) is 30.0 Å². The molecule has 3 N–H and O–H groups in total. The molecule has 3 amide bonds. The Bertz CT molecular complexity index is 2520. The predicted octanol–water partition coefficient (Wildman–Crippen LogP) is 6.15. The molecule has 8 rings (SSSR count). The third kappa shape index (κ3) is 7.94. The number of pyridine rings is 1. The van der Waals surface area contributed by atoms with Crippen molar-refractivity contribution in [3.63, 3.8) is 0 Å². The summed E-state index contributed by atoms with van der Waals surface area (Å²) in [6.45, 7) is 13.6. The number of piperidine rings is 1. The van der Waals surface area contributed by atoms with Crippen LogP contribution in [0.4, 0.5) is 10.1 Å². The number of piperazine rings is 1. The lowest BCUT2D eigenvalue weighted by Crippen LogP contribution is -2.46. The maximum Gasteiger partial charge on any atom is 0.315 e. The minimum Gasteiger partial charge on any atom is -0.368 e. The summed E-state index contributed by atoms with van der Waals surface area (Å²) in [5, 5.41) is 10.1. The highest BCUT2D eigenvalue weighted by molar-refractivity contribution is 6.01. The summed E-state index contributed by atoms with van der Waals surface area (Å²) >= 11 is 0. The summed E-state index contributed by atoms with van der Waals surface area (Å²) in [5.74, 6) is -1.82. The van der Waals surface area contributed by atoms with Crippen LogP contribution >= 0.6 is 0 Å². The molecular weight excluding hydrogens is 740 g/mol. The number of anilines is 1.